The van der Waals surface area contributed by atoms with Gasteiger partial charge in [-0.15, -0.1) is 0 Å². The number of carbonyl (C=O) groups excluding carboxylic acids is 2. The van der Waals surface area contributed by atoms with Crippen LogP contribution in [0.25, 0.3) is 0 Å². The summed E-state index contributed by atoms with van der Waals surface area (Å²) in [4.78, 5) is 25.2. The van der Waals surface area contributed by atoms with Gasteiger partial charge < -0.3 is 9.47 Å². The predicted octanol–water partition coefficient (Wildman–Crippen LogP) is 4.49. The Morgan fingerprint density at radius 2 is 1.81 bits per heavy atom. The van der Waals surface area contributed by atoms with E-state index in [9.17, 15) is 9.59 Å². The van der Waals surface area contributed by atoms with Crippen LogP contribution in [0.4, 0.5) is 0 Å². The minimum atomic E-state index is -0.953. The third-order valence-corrected chi connectivity index (χ3v) is 5.17. The Morgan fingerprint density at radius 3 is 2.42 bits per heavy atom. The number of hydrogen-bond donors (Lipinski definition) is 0. The molecule has 1 aliphatic heterocycles. The molecule has 0 fully saturated rings. The normalized spacial score (nSPS) is 22.3. The molecule has 0 spiro atoms. The van der Waals surface area contributed by atoms with Gasteiger partial charge in [0.2, 0.25) is 5.76 Å². The molecule has 0 saturated carbocycles. The van der Waals surface area contributed by atoms with E-state index < -0.39 is 17.4 Å². The number of ether oxygens (including phenoxy) is 2. The van der Waals surface area contributed by atoms with E-state index >= 15 is 0 Å². The first-order chi connectivity index (χ1) is 12.5. The summed E-state index contributed by atoms with van der Waals surface area (Å²) in [5.41, 5.74) is 0.792. The van der Waals surface area contributed by atoms with Gasteiger partial charge in [0, 0.05) is 10.4 Å². The molecule has 0 N–H and O–H groups in total. The molecule has 0 unspecified atom stereocenters. The van der Waals surface area contributed by atoms with Crippen molar-refractivity contribution in [3.63, 3.8) is 0 Å². The Morgan fingerprint density at radius 1 is 1.15 bits per heavy atom. The number of rotatable bonds is 4. The van der Waals surface area contributed by atoms with Gasteiger partial charge >= 0.3 is 11.9 Å². The molecule has 2 aromatic rings. The second kappa shape index (κ2) is 7.46. The van der Waals surface area contributed by atoms with E-state index in [-0.39, 0.29) is 18.3 Å². The summed E-state index contributed by atoms with van der Waals surface area (Å²) < 4.78 is 11.3. The number of hydrogen-bond acceptors (Lipinski definition) is 4. The largest absolute Gasteiger partial charge is 0.460 e. The number of cyclic esters (lactones) is 1. The van der Waals surface area contributed by atoms with Gasteiger partial charge in [-0.1, -0.05) is 58.4 Å². The number of halogens is 1. The minimum Gasteiger partial charge on any atom is -0.460 e. The average Bonchev–Trinajstić information content (AvgIpc) is 2.65. The van der Waals surface area contributed by atoms with E-state index in [1.54, 1.807) is 13.0 Å². The van der Waals surface area contributed by atoms with Crippen molar-refractivity contribution < 1.29 is 19.1 Å². The van der Waals surface area contributed by atoms with E-state index in [1.807, 2.05) is 61.5 Å². The highest BCUT2D eigenvalue weighted by atomic mass is 79.9. The van der Waals surface area contributed by atoms with Crippen LogP contribution in [0.1, 0.15) is 30.9 Å². The maximum absolute atomic E-state index is 13.0. The van der Waals surface area contributed by atoms with Crippen molar-refractivity contribution in [2.45, 2.75) is 25.2 Å². The fourth-order valence-corrected chi connectivity index (χ4v) is 3.44. The topological polar surface area (TPSA) is 52.6 Å². The molecule has 26 heavy (non-hydrogen) atoms. The van der Waals surface area contributed by atoms with Crippen molar-refractivity contribution in [2.24, 2.45) is 0 Å². The molecule has 1 aliphatic rings. The van der Waals surface area contributed by atoms with Gasteiger partial charge in [-0.25, -0.2) is 4.79 Å². The Kier molecular flexibility index (Phi) is 5.28. The Labute approximate surface area is 160 Å². The Hall–Kier alpha value is -2.40. The summed E-state index contributed by atoms with van der Waals surface area (Å²) in [5.74, 6) is -1.52. The number of allylic oxidation sites excluding steroid dienone is 1. The Balaban J connectivity index is 2.15. The molecular formula is C21H19BrO4. The van der Waals surface area contributed by atoms with Crippen molar-refractivity contribution in [1.82, 2.24) is 0 Å². The third kappa shape index (κ3) is 3.31. The van der Waals surface area contributed by atoms with E-state index in [2.05, 4.69) is 15.9 Å². The zero-order valence-electron chi connectivity index (χ0n) is 14.6. The molecule has 1 heterocycles. The fraction of sp³-hybridized carbons (Fsp3) is 0.238. The van der Waals surface area contributed by atoms with Crippen molar-refractivity contribution >= 4 is 27.9 Å². The van der Waals surface area contributed by atoms with Crippen LogP contribution < -0.4 is 0 Å². The van der Waals surface area contributed by atoms with Crippen LogP contribution in [0.15, 0.2) is 70.9 Å². The summed E-state index contributed by atoms with van der Waals surface area (Å²) in [6, 6.07) is 17.2. The second-order valence-electron chi connectivity index (χ2n) is 6.24. The van der Waals surface area contributed by atoms with Gasteiger partial charge in [0.25, 0.3) is 0 Å². The molecule has 0 aliphatic carbocycles. The molecule has 0 aromatic heterocycles. The van der Waals surface area contributed by atoms with E-state index in [0.29, 0.717) is 0 Å². The molecule has 5 heteroatoms. The third-order valence-electron chi connectivity index (χ3n) is 4.65. The fourth-order valence-electron chi connectivity index (χ4n) is 3.18. The van der Waals surface area contributed by atoms with Gasteiger partial charge in [0.05, 0.1) is 6.61 Å². The van der Waals surface area contributed by atoms with Crippen molar-refractivity contribution in [2.75, 3.05) is 6.61 Å². The van der Waals surface area contributed by atoms with Crippen LogP contribution in [0.3, 0.4) is 0 Å². The van der Waals surface area contributed by atoms with Gasteiger partial charge in [-0.2, -0.15) is 0 Å². The van der Waals surface area contributed by atoms with Crippen molar-refractivity contribution in [3.05, 3.63) is 82.0 Å². The van der Waals surface area contributed by atoms with Crippen LogP contribution in [-0.4, -0.2) is 18.5 Å². The van der Waals surface area contributed by atoms with E-state index in [1.165, 1.54) is 0 Å². The predicted molar refractivity (Wildman–Crippen MR) is 101 cm³/mol. The number of esters is 2. The van der Waals surface area contributed by atoms with Crippen LogP contribution in [0, 0.1) is 0 Å². The Bertz CT molecular complexity index is 842. The lowest BCUT2D eigenvalue weighted by Gasteiger charge is -2.38. The standard InChI is InChI=1S/C21H19BrO4/c1-3-25-19(23)18-13-17(14-9-11-16(22)12-10-14)21(2,20(24)26-18)15-7-5-4-6-8-15/h4-13,17H,3H2,1-2H3/t17-,21+/m1/s1. The maximum Gasteiger partial charge on any atom is 0.374 e. The number of carbonyl (C=O) groups is 2. The minimum absolute atomic E-state index is 0.0572. The van der Waals surface area contributed by atoms with Gasteiger partial charge in [-0.3, -0.25) is 4.79 Å². The quantitative estimate of drug-likeness (QED) is 0.691. The second-order valence-corrected chi connectivity index (χ2v) is 7.15. The molecule has 4 nitrogen and oxygen atoms in total. The van der Waals surface area contributed by atoms with Crippen LogP contribution in [0.2, 0.25) is 0 Å². The van der Waals surface area contributed by atoms with Crippen LogP contribution in [-0.2, 0) is 24.5 Å². The average molecular weight is 415 g/mol. The maximum atomic E-state index is 13.0. The van der Waals surface area contributed by atoms with E-state index in [4.69, 9.17) is 9.47 Å². The molecule has 134 valence electrons. The highest BCUT2D eigenvalue weighted by Gasteiger charge is 2.48. The van der Waals surface area contributed by atoms with Crippen molar-refractivity contribution in [3.8, 4) is 0 Å². The lowest BCUT2D eigenvalue weighted by Crippen LogP contribution is -2.43. The summed E-state index contributed by atoms with van der Waals surface area (Å²) in [6.45, 7) is 3.77. The molecule has 2 aromatic carbocycles. The lowest BCUT2D eigenvalue weighted by molar-refractivity contribution is -0.156. The first kappa shape index (κ1) is 18.4. The van der Waals surface area contributed by atoms with Crippen LogP contribution in [0.5, 0.6) is 0 Å². The van der Waals surface area contributed by atoms with Gasteiger partial charge in [0.1, 0.15) is 5.41 Å². The van der Waals surface area contributed by atoms with Crippen molar-refractivity contribution in [1.29, 1.82) is 0 Å². The molecule has 0 radical (unpaired) electrons. The molecule has 0 bridgehead atoms. The molecule has 2 atom stereocenters. The summed E-state index contributed by atoms with van der Waals surface area (Å²) in [5, 5.41) is 0. The molecule has 0 saturated heterocycles. The highest BCUT2D eigenvalue weighted by Crippen LogP contribution is 2.45. The van der Waals surface area contributed by atoms with Gasteiger partial charge in [-0.05, 0) is 43.2 Å². The zero-order chi connectivity index (χ0) is 18.7. The monoisotopic (exact) mass is 414 g/mol. The first-order valence-corrected chi connectivity index (χ1v) is 9.18. The summed E-state index contributed by atoms with van der Waals surface area (Å²) >= 11 is 3.43. The molecule has 0 amide bonds. The smallest absolute Gasteiger partial charge is 0.374 e. The first-order valence-electron chi connectivity index (χ1n) is 8.39. The highest BCUT2D eigenvalue weighted by molar-refractivity contribution is 9.10. The zero-order valence-corrected chi connectivity index (χ0v) is 16.2. The summed E-state index contributed by atoms with van der Waals surface area (Å²) in [6.07, 6.45) is 1.69. The molecular weight excluding hydrogens is 396 g/mol. The van der Waals surface area contributed by atoms with E-state index in [0.717, 1.165) is 15.6 Å². The number of benzene rings is 2. The summed E-state index contributed by atoms with van der Waals surface area (Å²) in [7, 11) is 0. The SMILES string of the molecule is CCOC(=O)C1=C[C@H](c2ccc(Br)cc2)[C@](C)(c2ccccc2)C(=O)O1. The lowest BCUT2D eigenvalue weighted by atomic mass is 9.67. The van der Waals surface area contributed by atoms with Crippen LogP contribution >= 0.6 is 15.9 Å². The molecule has 3 rings (SSSR count). The van der Waals surface area contributed by atoms with Gasteiger partial charge in [0.15, 0.2) is 0 Å².